The molecule has 0 radical (unpaired) electrons. The van der Waals surface area contributed by atoms with Crippen LogP contribution in [0.4, 0.5) is 11.4 Å². The number of anilines is 1. The number of nitro benzene ring substituents is 1. The number of non-ortho nitro benzene ring substituents is 1. The maximum Gasteiger partial charge on any atom is 0.270 e. The summed E-state index contributed by atoms with van der Waals surface area (Å²) >= 11 is 5.95. The van der Waals surface area contributed by atoms with Crippen LogP contribution in [0.2, 0.25) is 5.02 Å². The maximum absolute atomic E-state index is 12.3. The monoisotopic (exact) mass is 344 g/mol. The number of tetrazole rings is 1. The molecule has 24 heavy (non-hydrogen) atoms. The highest BCUT2D eigenvalue weighted by Crippen LogP contribution is 2.23. The van der Waals surface area contributed by atoms with Crippen molar-refractivity contribution in [3.8, 4) is 5.69 Å². The number of carbonyl (C=O) groups is 1. The molecule has 1 N–H and O–H groups in total. The smallest absolute Gasteiger partial charge is 0.270 e. The largest absolute Gasteiger partial charge is 0.322 e. The Bertz CT molecular complexity index is 913. The summed E-state index contributed by atoms with van der Waals surface area (Å²) in [6.45, 7) is 0. The molecule has 10 heteroatoms. The van der Waals surface area contributed by atoms with E-state index < -0.39 is 10.8 Å². The topological polar surface area (TPSA) is 116 Å². The third-order valence-corrected chi connectivity index (χ3v) is 3.44. The van der Waals surface area contributed by atoms with Crippen LogP contribution in [0.1, 0.15) is 10.4 Å². The zero-order valence-corrected chi connectivity index (χ0v) is 12.7. The van der Waals surface area contributed by atoms with E-state index in [2.05, 4.69) is 20.8 Å². The average Bonchev–Trinajstić information content (AvgIpc) is 3.09. The molecule has 120 valence electrons. The van der Waals surface area contributed by atoms with Gasteiger partial charge in [0, 0.05) is 17.8 Å². The standard InChI is InChI=1S/C14H9ClN6O3/c15-13-7-11(21(23)24)4-5-12(13)14(22)17-9-2-1-3-10(6-9)20-8-16-18-19-20/h1-8H,(H,17,22). The summed E-state index contributed by atoms with van der Waals surface area (Å²) in [5.41, 5.74) is 1.11. The van der Waals surface area contributed by atoms with Gasteiger partial charge in [-0.25, -0.2) is 4.68 Å². The zero-order chi connectivity index (χ0) is 17.1. The molecule has 0 saturated carbocycles. The fourth-order valence-corrected chi connectivity index (χ4v) is 2.27. The number of rotatable bonds is 4. The Morgan fingerprint density at radius 3 is 2.75 bits per heavy atom. The quantitative estimate of drug-likeness (QED) is 0.574. The van der Waals surface area contributed by atoms with E-state index in [1.165, 1.54) is 23.1 Å². The van der Waals surface area contributed by atoms with Crippen LogP contribution in [0.3, 0.4) is 0 Å². The van der Waals surface area contributed by atoms with Gasteiger partial charge in [-0.1, -0.05) is 17.7 Å². The van der Waals surface area contributed by atoms with Gasteiger partial charge in [0.2, 0.25) is 0 Å². The predicted octanol–water partition coefficient (Wildman–Crippen LogP) is 2.48. The van der Waals surface area contributed by atoms with Crippen molar-refractivity contribution in [3.05, 3.63) is 69.5 Å². The third-order valence-electron chi connectivity index (χ3n) is 3.13. The average molecular weight is 345 g/mol. The van der Waals surface area contributed by atoms with Crippen LogP contribution in [-0.2, 0) is 0 Å². The number of nitrogens with one attached hydrogen (secondary N) is 1. The second kappa shape index (κ2) is 6.42. The van der Waals surface area contributed by atoms with E-state index in [0.717, 1.165) is 6.07 Å². The summed E-state index contributed by atoms with van der Waals surface area (Å²) in [7, 11) is 0. The van der Waals surface area contributed by atoms with Crippen LogP contribution >= 0.6 is 11.6 Å². The lowest BCUT2D eigenvalue weighted by molar-refractivity contribution is -0.384. The van der Waals surface area contributed by atoms with Crippen molar-refractivity contribution in [3.63, 3.8) is 0 Å². The number of hydrogen-bond donors (Lipinski definition) is 1. The van der Waals surface area contributed by atoms with Crippen molar-refractivity contribution in [1.29, 1.82) is 0 Å². The van der Waals surface area contributed by atoms with E-state index in [1.54, 1.807) is 24.3 Å². The molecule has 2 aromatic carbocycles. The summed E-state index contributed by atoms with van der Waals surface area (Å²) in [6.07, 6.45) is 1.42. The summed E-state index contributed by atoms with van der Waals surface area (Å²) in [4.78, 5) is 22.4. The molecule has 3 aromatic rings. The molecule has 0 aliphatic heterocycles. The number of amides is 1. The molecule has 0 atom stereocenters. The number of aromatic nitrogens is 4. The van der Waals surface area contributed by atoms with Crippen LogP contribution in [-0.4, -0.2) is 31.0 Å². The van der Waals surface area contributed by atoms with Crippen molar-refractivity contribution in [1.82, 2.24) is 20.2 Å². The minimum Gasteiger partial charge on any atom is -0.322 e. The molecule has 3 rings (SSSR count). The van der Waals surface area contributed by atoms with Gasteiger partial charge >= 0.3 is 0 Å². The fraction of sp³-hybridized carbons (Fsp3) is 0. The molecule has 1 heterocycles. The summed E-state index contributed by atoms with van der Waals surface area (Å²) in [6, 6.07) is 10.5. The van der Waals surface area contributed by atoms with Gasteiger partial charge in [-0.15, -0.1) is 5.10 Å². The number of nitro groups is 1. The molecular weight excluding hydrogens is 336 g/mol. The minimum atomic E-state index is -0.580. The van der Waals surface area contributed by atoms with Crippen molar-refractivity contribution < 1.29 is 9.72 Å². The lowest BCUT2D eigenvalue weighted by atomic mass is 10.2. The van der Waals surface area contributed by atoms with E-state index in [4.69, 9.17) is 11.6 Å². The highest BCUT2D eigenvalue weighted by molar-refractivity contribution is 6.34. The van der Waals surface area contributed by atoms with Crippen LogP contribution in [0, 0.1) is 10.1 Å². The minimum absolute atomic E-state index is 0.00155. The molecule has 0 fully saturated rings. The van der Waals surface area contributed by atoms with Gasteiger partial charge in [0.15, 0.2) is 0 Å². The molecule has 1 aromatic heterocycles. The molecule has 0 aliphatic rings. The Balaban J connectivity index is 1.83. The lowest BCUT2D eigenvalue weighted by Gasteiger charge is -2.08. The molecular formula is C14H9ClN6O3. The Hall–Kier alpha value is -3.33. The number of carbonyl (C=O) groups excluding carboxylic acids is 1. The number of benzene rings is 2. The summed E-state index contributed by atoms with van der Waals surface area (Å²) in [5.74, 6) is -0.483. The molecule has 0 spiro atoms. The number of nitrogens with zero attached hydrogens (tertiary/aromatic N) is 5. The van der Waals surface area contributed by atoms with Gasteiger partial charge in [-0.3, -0.25) is 14.9 Å². The first-order valence-corrected chi connectivity index (χ1v) is 7.01. The van der Waals surface area contributed by atoms with Crippen molar-refractivity contribution in [2.45, 2.75) is 0 Å². The lowest BCUT2D eigenvalue weighted by Crippen LogP contribution is -2.13. The third kappa shape index (κ3) is 3.20. The SMILES string of the molecule is O=C(Nc1cccc(-n2cnnn2)c1)c1ccc([N+](=O)[O-])cc1Cl. The van der Waals surface area contributed by atoms with Crippen LogP contribution in [0.25, 0.3) is 5.69 Å². The Morgan fingerprint density at radius 2 is 2.08 bits per heavy atom. The molecule has 0 aliphatic carbocycles. The first-order chi connectivity index (χ1) is 11.5. The normalized spacial score (nSPS) is 10.4. The molecule has 1 amide bonds. The van der Waals surface area contributed by atoms with E-state index in [9.17, 15) is 14.9 Å². The molecule has 9 nitrogen and oxygen atoms in total. The fourth-order valence-electron chi connectivity index (χ4n) is 2.01. The van der Waals surface area contributed by atoms with Crippen LogP contribution < -0.4 is 5.32 Å². The van der Waals surface area contributed by atoms with E-state index in [0.29, 0.717) is 11.4 Å². The second-order valence-electron chi connectivity index (χ2n) is 4.68. The van der Waals surface area contributed by atoms with E-state index in [1.807, 2.05) is 0 Å². The van der Waals surface area contributed by atoms with Gasteiger partial charge in [-0.05, 0) is 34.7 Å². The van der Waals surface area contributed by atoms with Gasteiger partial charge in [0.05, 0.1) is 21.2 Å². The number of hydrogen-bond acceptors (Lipinski definition) is 6. The Labute approximate surface area is 140 Å². The highest BCUT2D eigenvalue weighted by Gasteiger charge is 2.15. The zero-order valence-electron chi connectivity index (χ0n) is 12.0. The summed E-state index contributed by atoms with van der Waals surface area (Å²) in [5, 5.41) is 24.2. The van der Waals surface area contributed by atoms with Crippen molar-refractivity contribution in [2.24, 2.45) is 0 Å². The van der Waals surface area contributed by atoms with Gasteiger partial charge in [0.25, 0.3) is 11.6 Å². The number of halogens is 1. The highest BCUT2D eigenvalue weighted by atomic mass is 35.5. The van der Waals surface area contributed by atoms with Crippen LogP contribution in [0.5, 0.6) is 0 Å². The second-order valence-corrected chi connectivity index (χ2v) is 5.09. The predicted molar refractivity (Wildman–Crippen MR) is 85.2 cm³/mol. The first-order valence-electron chi connectivity index (χ1n) is 6.63. The molecule has 0 saturated heterocycles. The van der Waals surface area contributed by atoms with Crippen molar-refractivity contribution >= 4 is 28.9 Å². The Morgan fingerprint density at radius 1 is 1.25 bits per heavy atom. The first kappa shape index (κ1) is 15.6. The summed E-state index contributed by atoms with van der Waals surface area (Å²) < 4.78 is 1.44. The molecule has 0 bridgehead atoms. The van der Waals surface area contributed by atoms with Gasteiger partial charge < -0.3 is 5.32 Å². The van der Waals surface area contributed by atoms with E-state index in [-0.39, 0.29) is 16.3 Å². The van der Waals surface area contributed by atoms with Crippen LogP contribution in [0.15, 0.2) is 48.8 Å². The van der Waals surface area contributed by atoms with Crippen molar-refractivity contribution in [2.75, 3.05) is 5.32 Å². The van der Waals surface area contributed by atoms with Gasteiger partial charge in [-0.2, -0.15) is 0 Å². The van der Waals surface area contributed by atoms with Gasteiger partial charge in [0.1, 0.15) is 6.33 Å². The van der Waals surface area contributed by atoms with E-state index >= 15 is 0 Å². The Kier molecular flexibility index (Phi) is 4.17. The molecule has 0 unspecified atom stereocenters. The maximum atomic E-state index is 12.3.